The van der Waals surface area contributed by atoms with Crippen molar-refractivity contribution in [2.45, 2.75) is 18.6 Å². The topological polar surface area (TPSA) is 41.1 Å². The number of benzene rings is 1. The summed E-state index contributed by atoms with van der Waals surface area (Å²) < 4.78 is 50.1. The van der Waals surface area contributed by atoms with Gasteiger partial charge in [0.2, 0.25) is 5.91 Å². The number of carbonyl (C=O) groups is 1. The normalized spacial score (nSPS) is 12.4. The number of carbonyl (C=O) groups excluding carboxylic acids is 1. The molecule has 0 fully saturated rings. The molecule has 20 heavy (non-hydrogen) atoms. The molecule has 0 aliphatic rings. The minimum atomic E-state index is -4.42. The van der Waals surface area contributed by atoms with E-state index in [9.17, 15) is 22.4 Å². The summed E-state index contributed by atoms with van der Waals surface area (Å²) in [4.78, 5) is 11.4. The first-order valence-electron chi connectivity index (χ1n) is 5.58. The van der Waals surface area contributed by atoms with Gasteiger partial charge in [0.15, 0.2) is 0 Å². The number of alkyl halides is 3. The van der Waals surface area contributed by atoms with Crippen molar-refractivity contribution in [2.24, 2.45) is 0 Å². The van der Waals surface area contributed by atoms with Gasteiger partial charge < -0.3 is 10.6 Å². The largest absolute Gasteiger partial charge is 0.391 e. The Labute approximate surface area is 120 Å². The van der Waals surface area contributed by atoms with Crippen molar-refractivity contribution >= 4 is 18.3 Å². The van der Waals surface area contributed by atoms with E-state index < -0.39 is 30.4 Å². The second-order valence-corrected chi connectivity index (χ2v) is 4.02. The minimum absolute atomic E-state index is 0. The number of nitrogens with one attached hydrogen (secondary N) is 2. The lowest BCUT2D eigenvalue weighted by atomic mass is 10.0. The van der Waals surface area contributed by atoms with Crippen LogP contribution in [0.3, 0.4) is 0 Å². The molecule has 0 saturated heterocycles. The zero-order valence-electron chi connectivity index (χ0n) is 10.6. The number of amides is 1. The maximum atomic E-state index is 12.8. The van der Waals surface area contributed by atoms with Gasteiger partial charge in [-0.15, -0.1) is 12.4 Å². The fourth-order valence-corrected chi connectivity index (χ4v) is 1.58. The molecule has 1 unspecified atom stereocenters. The van der Waals surface area contributed by atoms with Gasteiger partial charge in [-0.3, -0.25) is 4.79 Å². The highest BCUT2D eigenvalue weighted by Gasteiger charge is 2.33. The van der Waals surface area contributed by atoms with Crippen molar-refractivity contribution in [1.29, 1.82) is 0 Å². The van der Waals surface area contributed by atoms with Gasteiger partial charge in [-0.25, -0.2) is 4.39 Å². The summed E-state index contributed by atoms with van der Waals surface area (Å²) in [5.41, 5.74) is 0.211. The van der Waals surface area contributed by atoms with E-state index in [1.54, 1.807) is 0 Å². The van der Waals surface area contributed by atoms with Crippen LogP contribution in [0.5, 0.6) is 0 Å². The molecule has 0 spiro atoms. The minimum Gasteiger partial charge on any atom is -0.348 e. The Morgan fingerprint density at radius 1 is 1.25 bits per heavy atom. The predicted octanol–water partition coefficient (Wildman–Crippen LogP) is 2.58. The monoisotopic (exact) mass is 314 g/mol. The summed E-state index contributed by atoms with van der Waals surface area (Å²) in [5, 5.41) is 4.81. The summed E-state index contributed by atoms with van der Waals surface area (Å²) in [5.74, 6) is -1.10. The van der Waals surface area contributed by atoms with E-state index >= 15 is 0 Å². The average molecular weight is 315 g/mol. The molecule has 0 aliphatic heterocycles. The van der Waals surface area contributed by atoms with Crippen molar-refractivity contribution in [3.8, 4) is 0 Å². The van der Waals surface area contributed by atoms with Gasteiger partial charge in [0.1, 0.15) is 5.82 Å². The lowest BCUT2D eigenvalue weighted by Gasteiger charge is -2.20. The van der Waals surface area contributed by atoms with Crippen LogP contribution in [0.1, 0.15) is 18.0 Å². The summed E-state index contributed by atoms with van der Waals surface area (Å²) >= 11 is 0. The van der Waals surface area contributed by atoms with Crippen LogP contribution >= 0.6 is 12.4 Å². The smallest absolute Gasteiger partial charge is 0.348 e. The fraction of sp³-hybridized carbons (Fsp3) is 0.417. The molecule has 0 heterocycles. The molecule has 1 aromatic carbocycles. The molecule has 2 N–H and O–H groups in total. The number of likely N-dealkylation sites (N-methyl/N-ethyl adjacent to an activating group) is 1. The number of halogens is 5. The van der Waals surface area contributed by atoms with Crippen molar-refractivity contribution < 1.29 is 22.4 Å². The first kappa shape index (κ1) is 18.7. The van der Waals surface area contributed by atoms with E-state index in [2.05, 4.69) is 10.6 Å². The Hall–Kier alpha value is -1.34. The first-order valence-corrected chi connectivity index (χ1v) is 5.58. The molecule has 8 heteroatoms. The standard InChI is InChI=1S/C12H14F4N2O.ClH/c1-17-7-11(19)18-10(6-12(14,15)16)8-2-4-9(13)5-3-8;/h2-5,10,17H,6-7H2,1H3,(H,18,19);1H. The van der Waals surface area contributed by atoms with Crippen molar-refractivity contribution in [1.82, 2.24) is 10.6 Å². The lowest BCUT2D eigenvalue weighted by molar-refractivity contribution is -0.142. The molecule has 0 saturated carbocycles. The van der Waals surface area contributed by atoms with E-state index in [1.165, 1.54) is 19.2 Å². The summed E-state index contributed by atoms with van der Waals surface area (Å²) in [7, 11) is 1.51. The van der Waals surface area contributed by atoms with E-state index in [0.717, 1.165) is 12.1 Å². The Kier molecular flexibility index (Phi) is 7.52. The third-order valence-corrected chi connectivity index (χ3v) is 2.38. The molecule has 1 rings (SSSR count). The first-order chi connectivity index (χ1) is 8.81. The van der Waals surface area contributed by atoms with E-state index in [4.69, 9.17) is 0 Å². The van der Waals surface area contributed by atoms with Gasteiger partial charge in [0, 0.05) is 0 Å². The summed E-state index contributed by atoms with van der Waals surface area (Å²) in [6, 6.07) is 3.35. The quantitative estimate of drug-likeness (QED) is 0.820. The van der Waals surface area contributed by atoms with Gasteiger partial charge in [-0.1, -0.05) is 12.1 Å². The molecular weight excluding hydrogens is 300 g/mol. The van der Waals surface area contributed by atoms with Crippen LogP contribution in [0, 0.1) is 5.82 Å². The summed E-state index contributed by atoms with van der Waals surface area (Å²) in [6.07, 6.45) is -5.62. The van der Waals surface area contributed by atoms with Gasteiger partial charge in [-0.2, -0.15) is 13.2 Å². The van der Waals surface area contributed by atoms with Crippen LogP contribution in [0.25, 0.3) is 0 Å². The maximum Gasteiger partial charge on any atom is 0.391 e. The predicted molar refractivity (Wildman–Crippen MR) is 69.1 cm³/mol. The van der Waals surface area contributed by atoms with Crippen molar-refractivity contribution in [3.05, 3.63) is 35.6 Å². The molecular formula is C12H15ClF4N2O. The molecule has 1 amide bonds. The Morgan fingerprint density at radius 3 is 2.25 bits per heavy atom. The zero-order chi connectivity index (χ0) is 14.5. The van der Waals surface area contributed by atoms with Crippen LogP contribution in [-0.2, 0) is 4.79 Å². The van der Waals surface area contributed by atoms with Crippen molar-refractivity contribution in [2.75, 3.05) is 13.6 Å². The van der Waals surface area contributed by atoms with E-state index in [-0.39, 0.29) is 24.5 Å². The average Bonchev–Trinajstić information content (AvgIpc) is 2.27. The van der Waals surface area contributed by atoms with Crippen molar-refractivity contribution in [3.63, 3.8) is 0 Å². The van der Waals surface area contributed by atoms with Gasteiger partial charge >= 0.3 is 6.18 Å². The molecule has 0 aromatic heterocycles. The lowest BCUT2D eigenvalue weighted by Crippen LogP contribution is -2.37. The van der Waals surface area contributed by atoms with Gasteiger partial charge in [0.25, 0.3) is 0 Å². The number of rotatable bonds is 5. The highest BCUT2D eigenvalue weighted by molar-refractivity contribution is 5.85. The third kappa shape index (κ3) is 6.72. The Balaban J connectivity index is 0.00000361. The molecule has 1 aromatic rings. The molecule has 0 bridgehead atoms. The highest BCUT2D eigenvalue weighted by Crippen LogP contribution is 2.29. The van der Waals surface area contributed by atoms with Crippen LogP contribution < -0.4 is 10.6 Å². The van der Waals surface area contributed by atoms with Crippen LogP contribution in [0.2, 0.25) is 0 Å². The molecule has 114 valence electrons. The Morgan fingerprint density at radius 2 is 1.80 bits per heavy atom. The molecule has 0 aliphatic carbocycles. The highest BCUT2D eigenvalue weighted by atomic mass is 35.5. The molecule has 0 radical (unpaired) electrons. The molecule has 1 atom stereocenters. The van der Waals surface area contributed by atoms with Gasteiger partial charge in [0.05, 0.1) is 19.0 Å². The number of hydrogen-bond donors (Lipinski definition) is 2. The second kappa shape index (κ2) is 8.06. The van der Waals surface area contributed by atoms with E-state index in [0.29, 0.717) is 0 Å². The van der Waals surface area contributed by atoms with Crippen LogP contribution in [0.4, 0.5) is 17.6 Å². The number of hydrogen-bond acceptors (Lipinski definition) is 2. The molecule has 3 nitrogen and oxygen atoms in total. The third-order valence-electron chi connectivity index (χ3n) is 2.38. The SMILES string of the molecule is CNCC(=O)NC(CC(F)(F)F)c1ccc(F)cc1.Cl. The zero-order valence-corrected chi connectivity index (χ0v) is 11.4. The van der Waals surface area contributed by atoms with E-state index in [1.807, 2.05) is 0 Å². The maximum absolute atomic E-state index is 12.8. The van der Waals surface area contributed by atoms with Crippen LogP contribution in [-0.4, -0.2) is 25.7 Å². The fourth-order valence-electron chi connectivity index (χ4n) is 1.58. The van der Waals surface area contributed by atoms with Crippen LogP contribution in [0.15, 0.2) is 24.3 Å². The summed E-state index contributed by atoms with van der Waals surface area (Å²) in [6.45, 7) is -0.0877. The van der Waals surface area contributed by atoms with Gasteiger partial charge in [-0.05, 0) is 24.7 Å². The Bertz CT molecular complexity index is 422. The second-order valence-electron chi connectivity index (χ2n) is 4.02.